The first kappa shape index (κ1) is 8.55. The number of aliphatic hydroxyl groups excluding tert-OH is 1. The molecular formula is C8H11N3O. The quantitative estimate of drug-likeness (QED) is 0.484. The van der Waals surface area contributed by atoms with Gasteiger partial charge in [-0.15, -0.1) is 0 Å². The van der Waals surface area contributed by atoms with Gasteiger partial charge in [0.25, 0.3) is 0 Å². The standard InChI is InChI=1S/C8H11N3O/c9-4-7-2-1-3-10-8(6-12)5-11-7/h1-5,9-12H,6H2. The maximum Gasteiger partial charge on any atom is 0.0845 e. The fourth-order valence-corrected chi connectivity index (χ4v) is 0.748. The number of aromatic nitrogens is 2. The lowest BCUT2D eigenvalue weighted by molar-refractivity contribution is 0.276. The molecule has 1 rings (SSSR count). The van der Waals surface area contributed by atoms with Crippen molar-refractivity contribution in [2.45, 2.75) is 6.61 Å². The lowest BCUT2D eigenvalue weighted by Gasteiger charge is -1.93. The highest BCUT2D eigenvalue weighted by Crippen LogP contribution is 1.89. The maximum atomic E-state index is 8.79. The number of nitrogens with one attached hydrogen (secondary N) is 3. The van der Waals surface area contributed by atoms with Crippen LogP contribution >= 0.6 is 0 Å². The highest BCUT2D eigenvalue weighted by molar-refractivity contribution is 5.73. The summed E-state index contributed by atoms with van der Waals surface area (Å²) in [5.41, 5.74) is 1.34. The van der Waals surface area contributed by atoms with E-state index in [0.29, 0.717) is 11.4 Å². The second-order valence-corrected chi connectivity index (χ2v) is 2.24. The molecule has 4 heteroatoms. The Labute approximate surface area is 70.1 Å². The van der Waals surface area contributed by atoms with E-state index in [1.54, 1.807) is 24.5 Å². The van der Waals surface area contributed by atoms with E-state index < -0.39 is 0 Å². The number of hydrogen-bond acceptors (Lipinski definition) is 2. The number of rotatable bonds is 2. The Bertz CT molecular complexity index is 299. The SMILES string of the molecule is N=Cc1ccc[nH]c(CO)c[nH]1. The zero-order valence-corrected chi connectivity index (χ0v) is 6.54. The lowest BCUT2D eigenvalue weighted by atomic mass is 10.4. The molecule has 0 aliphatic carbocycles. The third kappa shape index (κ3) is 2.25. The van der Waals surface area contributed by atoms with Gasteiger partial charge in [0.05, 0.1) is 18.0 Å². The minimum absolute atomic E-state index is 0.0530. The molecule has 0 bridgehead atoms. The minimum atomic E-state index is -0.0530. The summed E-state index contributed by atoms with van der Waals surface area (Å²) in [5.74, 6) is 0. The van der Waals surface area contributed by atoms with E-state index in [0.717, 1.165) is 0 Å². The topological polar surface area (TPSA) is 75.7 Å². The first-order valence-corrected chi connectivity index (χ1v) is 3.57. The van der Waals surface area contributed by atoms with Crippen LogP contribution in [0.4, 0.5) is 0 Å². The fraction of sp³-hybridized carbons (Fsp3) is 0.125. The van der Waals surface area contributed by atoms with Gasteiger partial charge in [0.15, 0.2) is 0 Å². The maximum absolute atomic E-state index is 8.79. The summed E-state index contributed by atoms with van der Waals surface area (Å²) in [6.07, 6.45) is 4.54. The summed E-state index contributed by atoms with van der Waals surface area (Å²) in [4.78, 5) is 5.72. The summed E-state index contributed by atoms with van der Waals surface area (Å²) >= 11 is 0. The molecule has 0 saturated heterocycles. The van der Waals surface area contributed by atoms with Gasteiger partial charge in [-0.1, -0.05) is 0 Å². The van der Waals surface area contributed by atoms with Crippen LogP contribution in [-0.2, 0) is 6.61 Å². The fourth-order valence-electron chi connectivity index (χ4n) is 0.748. The van der Waals surface area contributed by atoms with E-state index in [1.807, 2.05) is 0 Å². The minimum Gasteiger partial charge on any atom is -0.390 e. The number of aromatic amines is 2. The molecule has 1 heterocycles. The van der Waals surface area contributed by atoms with Crippen molar-refractivity contribution in [2.75, 3.05) is 0 Å². The molecule has 64 valence electrons. The van der Waals surface area contributed by atoms with Crippen molar-refractivity contribution in [3.05, 3.63) is 35.9 Å². The van der Waals surface area contributed by atoms with Crippen molar-refractivity contribution in [1.29, 1.82) is 5.41 Å². The Balaban J connectivity index is 3.12. The van der Waals surface area contributed by atoms with Crippen LogP contribution in [0.3, 0.4) is 0 Å². The normalized spacial score (nSPS) is 9.08. The molecule has 1 aromatic rings. The van der Waals surface area contributed by atoms with Crippen LogP contribution in [-0.4, -0.2) is 21.3 Å². The predicted molar refractivity (Wildman–Crippen MR) is 46.6 cm³/mol. The molecule has 0 aliphatic rings. The molecule has 0 spiro atoms. The highest BCUT2D eigenvalue weighted by atomic mass is 16.3. The van der Waals surface area contributed by atoms with Crippen LogP contribution in [0.15, 0.2) is 24.5 Å². The van der Waals surface area contributed by atoms with Crippen LogP contribution in [0.5, 0.6) is 0 Å². The third-order valence-corrected chi connectivity index (χ3v) is 1.38. The van der Waals surface area contributed by atoms with Gasteiger partial charge in [-0.05, 0) is 12.1 Å². The summed E-state index contributed by atoms with van der Waals surface area (Å²) < 4.78 is 0. The second kappa shape index (κ2) is 4.35. The van der Waals surface area contributed by atoms with E-state index in [-0.39, 0.29) is 6.61 Å². The molecule has 0 aliphatic heterocycles. The summed E-state index contributed by atoms with van der Waals surface area (Å²) in [7, 11) is 0. The van der Waals surface area contributed by atoms with Gasteiger partial charge in [-0.25, -0.2) is 0 Å². The summed E-state index contributed by atoms with van der Waals surface area (Å²) in [5, 5.41) is 15.8. The predicted octanol–water partition coefficient (Wildman–Crippen LogP) is 0.957. The van der Waals surface area contributed by atoms with Gasteiger partial charge in [0.1, 0.15) is 0 Å². The Hall–Kier alpha value is -1.55. The van der Waals surface area contributed by atoms with Gasteiger partial charge in [0, 0.05) is 18.6 Å². The molecule has 0 amide bonds. The van der Waals surface area contributed by atoms with Gasteiger partial charge in [0.2, 0.25) is 0 Å². The van der Waals surface area contributed by atoms with Gasteiger partial charge in [-0.2, -0.15) is 0 Å². The van der Waals surface area contributed by atoms with E-state index in [1.165, 1.54) is 6.21 Å². The van der Waals surface area contributed by atoms with Crippen molar-refractivity contribution >= 4 is 6.21 Å². The molecule has 0 atom stereocenters. The third-order valence-electron chi connectivity index (χ3n) is 1.38. The monoisotopic (exact) mass is 165 g/mol. The number of hydrogen-bond donors (Lipinski definition) is 4. The van der Waals surface area contributed by atoms with Crippen LogP contribution in [0.25, 0.3) is 0 Å². The van der Waals surface area contributed by atoms with Crippen molar-refractivity contribution in [3.8, 4) is 0 Å². The Morgan fingerprint density at radius 1 is 1.50 bits per heavy atom. The molecule has 0 radical (unpaired) electrons. The van der Waals surface area contributed by atoms with Crippen LogP contribution in [0, 0.1) is 5.41 Å². The van der Waals surface area contributed by atoms with E-state index in [4.69, 9.17) is 10.5 Å². The van der Waals surface area contributed by atoms with Crippen LogP contribution in [0.2, 0.25) is 0 Å². The second-order valence-electron chi connectivity index (χ2n) is 2.24. The van der Waals surface area contributed by atoms with E-state index in [9.17, 15) is 0 Å². The summed E-state index contributed by atoms with van der Waals surface area (Å²) in [6.45, 7) is -0.0530. The molecule has 0 aromatic carbocycles. The Morgan fingerprint density at radius 3 is 3.00 bits per heavy atom. The Kier molecular flexibility index (Phi) is 3.10. The molecule has 0 unspecified atom stereocenters. The largest absolute Gasteiger partial charge is 0.390 e. The molecule has 4 nitrogen and oxygen atoms in total. The first-order chi connectivity index (χ1) is 5.86. The Morgan fingerprint density at radius 2 is 2.33 bits per heavy atom. The molecular weight excluding hydrogens is 154 g/mol. The smallest absolute Gasteiger partial charge is 0.0845 e. The van der Waals surface area contributed by atoms with Crippen LogP contribution < -0.4 is 0 Å². The molecule has 0 saturated carbocycles. The van der Waals surface area contributed by atoms with Crippen LogP contribution in [0.1, 0.15) is 11.4 Å². The number of aliphatic hydroxyl groups is 1. The number of H-pyrrole nitrogens is 2. The highest BCUT2D eigenvalue weighted by Gasteiger charge is 1.84. The zero-order chi connectivity index (χ0) is 8.81. The average Bonchev–Trinajstić information content (AvgIpc) is 2.05. The van der Waals surface area contributed by atoms with Gasteiger partial charge in [-0.3, -0.25) is 0 Å². The van der Waals surface area contributed by atoms with Gasteiger partial charge >= 0.3 is 0 Å². The molecule has 1 aromatic heterocycles. The van der Waals surface area contributed by atoms with Gasteiger partial charge < -0.3 is 20.5 Å². The zero-order valence-electron chi connectivity index (χ0n) is 6.54. The molecule has 12 heavy (non-hydrogen) atoms. The van der Waals surface area contributed by atoms with Crippen molar-refractivity contribution in [1.82, 2.24) is 9.97 Å². The molecule has 4 N–H and O–H groups in total. The van der Waals surface area contributed by atoms with Crippen molar-refractivity contribution in [2.24, 2.45) is 0 Å². The van der Waals surface area contributed by atoms with E-state index in [2.05, 4.69) is 9.97 Å². The summed E-state index contributed by atoms with van der Waals surface area (Å²) in [6, 6.07) is 3.51. The van der Waals surface area contributed by atoms with Crippen molar-refractivity contribution in [3.63, 3.8) is 0 Å². The van der Waals surface area contributed by atoms with E-state index >= 15 is 0 Å². The van der Waals surface area contributed by atoms with Crippen molar-refractivity contribution < 1.29 is 5.11 Å². The average molecular weight is 165 g/mol. The lowest BCUT2D eigenvalue weighted by Crippen LogP contribution is -1.89. The molecule has 0 fully saturated rings. The first-order valence-electron chi connectivity index (χ1n) is 3.57.